The van der Waals surface area contributed by atoms with Crippen LogP contribution in [0.3, 0.4) is 0 Å². The first-order chi connectivity index (χ1) is 17.0. The number of aryl methyl sites for hydroxylation is 1. The van der Waals surface area contributed by atoms with Gasteiger partial charge >= 0.3 is 12.1 Å². The van der Waals surface area contributed by atoms with Crippen molar-refractivity contribution in [3.8, 4) is 0 Å². The van der Waals surface area contributed by atoms with Crippen molar-refractivity contribution in [2.75, 3.05) is 0 Å². The predicted octanol–water partition coefficient (Wildman–Crippen LogP) is 4.71. The van der Waals surface area contributed by atoms with Gasteiger partial charge in [-0.15, -0.1) is 0 Å². The number of benzene rings is 2. The number of amides is 1. The van der Waals surface area contributed by atoms with Crippen LogP contribution in [0.5, 0.6) is 0 Å². The van der Waals surface area contributed by atoms with E-state index in [9.17, 15) is 14.7 Å². The highest BCUT2D eigenvalue weighted by atomic mass is 16.6. The van der Waals surface area contributed by atoms with Crippen molar-refractivity contribution in [1.82, 2.24) is 20.7 Å². The maximum atomic E-state index is 12.6. The molecule has 0 spiro atoms. The second kappa shape index (κ2) is 10.3. The number of hydrogen-bond donors (Lipinski definition) is 4. The number of alkyl carbamates (subject to hydrolysis) is 1. The Kier molecular flexibility index (Phi) is 7.38. The molecule has 1 saturated heterocycles. The molecule has 4 N–H and O–H groups in total. The zero-order chi connectivity index (χ0) is 26.0. The smallest absolute Gasteiger partial charge is 0.408 e. The van der Waals surface area contributed by atoms with Crippen LogP contribution in [-0.4, -0.2) is 51.0 Å². The number of rotatable bonds is 9. The maximum absolute atomic E-state index is 12.6. The second-order valence-corrected chi connectivity index (χ2v) is 10.6. The molecule has 0 aliphatic carbocycles. The van der Waals surface area contributed by atoms with E-state index in [4.69, 9.17) is 4.74 Å². The van der Waals surface area contributed by atoms with E-state index in [-0.39, 0.29) is 12.0 Å². The fourth-order valence-electron chi connectivity index (χ4n) is 4.87. The molecule has 8 heteroatoms. The van der Waals surface area contributed by atoms with Gasteiger partial charge in [-0.1, -0.05) is 49.4 Å². The molecule has 0 bridgehead atoms. The summed E-state index contributed by atoms with van der Waals surface area (Å²) in [5, 5.41) is 15.6. The molecular weight excluding hydrogens is 456 g/mol. The molecule has 1 aliphatic rings. The average molecular weight is 493 g/mol. The molecule has 0 radical (unpaired) electrons. The minimum atomic E-state index is -0.893. The predicted molar refractivity (Wildman–Crippen MR) is 140 cm³/mol. The Morgan fingerprint density at radius 1 is 1.14 bits per heavy atom. The molecule has 3 unspecified atom stereocenters. The summed E-state index contributed by atoms with van der Waals surface area (Å²) in [6.07, 6.45) is 2.02. The first kappa shape index (κ1) is 25.7. The lowest BCUT2D eigenvalue weighted by Gasteiger charge is -2.27. The fraction of sp³-hybridized carbons (Fsp3) is 0.429. The molecule has 1 amide bonds. The van der Waals surface area contributed by atoms with Crippen molar-refractivity contribution in [3.05, 3.63) is 71.4 Å². The molecule has 36 heavy (non-hydrogen) atoms. The van der Waals surface area contributed by atoms with Crippen molar-refractivity contribution in [3.63, 3.8) is 0 Å². The SMILES string of the molecule is Cc1ccccc1C(C)CC(NC(=O)OC(C)(C)C)NN1[C@H](Cc2c[nH]c3ccccc23)[C@@H]1C(=O)O. The van der Waals surface area contributed by atoms with Gasteiger partial charge in [0.2, 0.25) is 0 Å². The number of carbonyl (C=O) groups is 2. The number of aromatic amines is 1. The van der Waals surface area contributed by atoms with Gasteiger partial charge in [0.15, 0.2) is 0 Å². The summed E-state index contributed by atoms with van der Waals surface area (Å²) in [6.45, 7) is 9.61. The number of carboxylic acid groups (broad SMARTS) is 1. The molecule has 2 aromatic carbocycles. The fourth-order valence-corrected chi connectivity index (χ4v) is 4.87. The van der Waals surface area contributed by atoms with Crippen LogP contribution >= 0.6 is 0 Å². The summed E-state index contributed by atoms with van der Waals surface area (Å²) < 4.78 is 5.49. The van der Waals surface area contributed by atoms with Crippen molar-refractivity contribution in [2.24, 2.45) is 0 Å². The van der Waals surface area contributed by atoms with E-state index in [1.165, 1.54) is 11.1 Å². The van der Waals surface area contributed by atoms with Crippen molar-refractivity contribution in [2.45, 2.75) is 77.2 Å². The summed E-state index contributed by atoms with van der Waals surface area (Å²) in [6, 6.07) is 15.2. The number of para-hydroxylation sites is 1. The quantitative estimate of drug-likeness (QED) is 0.255. The van der Waals surface area contributed by atoms with Crippen molar-refractivity contribution < 1.29 is 19.4 Å². The molecular formula is C28H36N4O4. The number of carboxylic acids is 1. The third kappa shape index (κ3) is 6.06. The topological polar surface area (TPSA) is 106 Å². The second-order valence-electron chi connectivity index (χ2n) is 10.6. The number of carbonyl (C=O) groups excluding carboxylic acids is 1. The van der Waals surface area contributed by atoms with Crippen LogP contribution in [0.4, 0.5) is 4.79 Å². The van der Waals surface area contributed by atoms with Crippen LogP contribution in [0.2, 0.25) is 0 Å². The number of nitrogens with one attached hydrogen (secondary N) is 3. The van der Waals surface area contributed by atoms with Gasteiger partial charge in [-0.25, -0.2) is 15.2 Å². The Morgan fingerprint density at radius 3 is 2.53 bits per heavy atom. The molecule has 8 nitrogen and oxygen atoms in total. The van der Waals surface area contributed by atoms with E-state index < -0.39 is 29.9 Å². The molecule has 192 valence electrons. The van der Waals surface area contributed by atoms with Crippen molar-refractivity contribution >= 4 is 23.0 Å². The highest BCUT2D eigenvalue weighted by molar-refractivity contribution is 5.84. The number of H-pyrrole nitrogens is 1. The molecule has 4 rings (SSSR count). The lowest BCUT2D eigenvalue weighted by atomic mass is 9.93. The minimum Gasteiger partial charge on any atom is -0.480 e. The number of nitrogens with zero attached hydrogens (tertiary/aromatic N) is 1. The Morgan fingerprint density at radius 2 is 1.83 bits per heavy atom. The first-order valence-corrected chi connectivity index (χ1v) is 12.4. The van der Waals surface area contributed by atoms with Gasteiger partial charge in [0.1, 0.15) is 11.6 Å². The molecule has 2 heterocycles. The summed E-state index contributed by atoms with van der Waals surface area (Å²) >= 11 is 0. The van der Waals surface area contributed by atoms with E-state index in [1.807, 2.05) is 63.4 Å². The van der Waals surface area contributed by atoms with E-state index in [0.717, 1.165) is 16.5 Å². The lowest BCUT2D eigenvalue weighted by Crippen LogP contribution is -2.50. The normalized spacial score (nSPS) is 21.1. The molecule has 3 aromatic rings. The molecule has 0 saturated carbocycles. The maximum Gasteiger partial charge on any atom is 0.408 e. The number of aromatic nitrogens is 1. The molecule has 1 fully saturated rings. The first-order valence-electron chi connectivity index (χ1n) is 12.4. The van der Waals surface area contributed by atoms with Crippen LogP contribution in [0.15, 0.2) is 54.7 Å². The van der Waals surface area contributed by atoms with E-state index >= 15 is 0 Å². The molecule has 1 aliphatic heterocycles. The average Bonchev–Trinajstić information content (AvgIpc) is 3.30. The van der Waals surface area contributed by atoms with Crippen LogP contribution < -0.4 is 10.7 Å². The van der Waals surface area contributed by atoms with Gasteiger partial charge < -0.3 is 20.1 Å². The van der Waals surface area contributed by atoms with E-state index in [2.05, 4.69) is 41.7 Å². The minimum absolute atomic E-state index is 0.119. The number of hydrazine groups is 1. The zero-order valence-electron chi connectivity index (χ0n) is 21.5. The van der Waals surface area contributed by atoms with Gasteiger partial charge in [0.25, 0.3) is 0 Å². The Hall–Kier alpha value is -3.36. The van der Waals surface area contributed by atoms with Crippen LogP contribution in [0, 0.1) is 6.92 Å². The van der Waals surface area contributed by atoms with Gasteiger partial charge in [-0.3, -0.25) is 4.79 Å². The standard InChI is InChI=1S/C28H36N4O4/c1-17-10-6-7-11-20(17)18(2)14-24(30-27(35)36-28(3,4)5)31-32-23(25(32)26(33)34)15-19-16-29-22-13-9-8-12-21(19)22/h6-13,16,18,23-25,29,31H,14-15H2,1-5H3,(H,30,35)(H,33,34)/t18?,23-,24?,25-,32?/m1/s1. The highest BCUT2D eigenvalue weighted by Crippen LogP contribution is 2.33. The highest BCUT2D eigenvalue weighted by Gasteiger charge is 2.54. The van der Waals surface area contributed by atoms with Gasteiger partial charge in [0.05, 0.1) is 12.2 Å². The Bertz CT molecular complexity index is 1230. The lowest BCUT2D eigenvalue weighted by molar-refractivity contribution is -0.137. The van der Waals surface area contributed by atoms with Crippen LogP contribution in [0.1, 0.15) is 56.7 Å². The van der Waals surface area contributed by atoms with Gasteiger partial charge in [-0.2, -0.15) is 0 Å². The number of ether oxygens (including phenoxy) is 1. The number of hydrogen-bond acceptors (Lipinski definition) is 5. The Labute approximate surface area is 212 Å². The van der Waals surface area contributed by atoms with Gasteiger partial charge in [-0.05, 0) is 69.2 Å². The van der Waals surface area contributed by atoms with Gasteiger partial charge in [0, 0.05) is 17.1 Å². The third-order valence-corrected chi connectivity index (χ3v) is 6.59. The monoisotopic (exact) mass is 492 g/mol. The molecule has 1 aromatic heterocycles. The van der Waals surface area contributed by atoms with E-state index in [0.29, 0.717) is 12.8 Å². The Balaban J connectivity index is 1.51. The number of fused-ring (bicyclic) bond motifs is 1. The van der Waals surface area contributed by atoms with Crippen LogP contribution in [-0.2, 0) is 16.0 Å². The number of aliphatic carboxylic acids is 1. The van der Waals surface area contributed by atoms with Crippen molar-refractivity contribution in [1.29, 1.82) is 0 Å². The van der Waals surface area contributed by atoms with Crippen LogP contribution in [0.25, 0.3) is 10.9 Å². The zero-order valence-corrected chi connectivity index (χ0v) is 21.5. The summed E-state index contributed by atoms with van der Waals surface area (Å²) in [4.78, 5) is 28.0. The summed E-state index contributed by atoms with van der Waals surface area (Å²) in [5.74, 6) is -0.774. The molecule has 5 atom stereocenters. The summed E-state index contributed by atoms with van der Waals surface area (Å²) in [5.41, 5.74) is 7.11. The third-order valence-electron chi connectivity index (χ3n) is 6.59. The largest absolute Gasteiger partial charge is 0.480 e. The van der Waals surface area contributed by atoms with E-state index in [1.54, 1.807) is 5.01 Å². The summed E-state index contributed by atoms with van der Waals surface area (Å²) in [7, 11) is 0.